The average Bonchev–Trinajstić information content (AvgIpc) is 2.72. The quantitative estimate of drug-likeness (QED) is 0.520. The van der Waals surface area contributed by atoms with Crippen molar-refractivity contribution in [1.82, 2.24) is 4.98 Å². The first kappa shape index (κ1) is 20.9. The number of hydrogen-bond donors (Lipinski definition) is 2. The molecule has 0 bridgehead atoms. The molecule has 7 heteroatoms. The van der Waals surface area contributed by atoms with E-state index in [1.807, 2.05) is 49.4 Å². The molecule has 0 saturated carbocycles. The van der Waals surface area contributed by atoms with Crippen LogP contribution in [0.3, 0.4) is 0 Å². The Morgan fingerprint density at radius 2 is 1.72 bits per heavy atom. The van der Waals surface area contributed by atoms with E-state index in [0.29, 0.717) is 16.5 Å². The van der Waals surface area contributed by atoms with Gasteiger partial charge in [0.25, 0.3) is 0 Å². The molecule has 0 spiro atoms. The molecule has 1 unspecified atom stereocenters. The van der Waals surface area contributed by atoms with Crippen molar-refractivity contribution in [2.24, 2.45) is 0 Å². The van der Waals surface area contributed by atoms with E-state index in [9.17, 15) is 9.59 Å². The van der Waals surface area contributed by atoms with Gasteiger partial charge in [-0.3, -0.25) is 9.59 Å². The van der Waals surface area contributed by atoms with Crippen LogP contribution in [0.2, 0.25) is 5.02 Å². The number of aromatic nitrogens is 1. The summed E-state index contributed by atoms with van der Waals surface area (Å²) in [5, 5.41) is 6.02. The summed E-state index contributed by atoms with van der Waals surface area (Å²) < 4.78 is 0. The minimum absolute atomic E-state index is 0.101. The highest BCUT2D eigenvalue weighted by molar-refractivity contribution is 8.00. The van der Waals surface area contributed by atoms with Crippen LogP contribution >= 0.6 is 23.4 Å². The lowest BCUT2D eigenvalue weighted by Gasteiger charge is -2.12. The Bertz CT molecular complexity index is 964. The molecule has 0 saturated heterocycles. The first-order chi connectivity index (χ1) is 14.0. The summed E-state index contributed by atoms with van der Waals surface area (Å²) in [6.07, 6.45) is 1.91. The molecule has 1 heterocycles. The number of hydrogen-bond acceptors (Lipinski definition) is 4. The van der Waals surface area contributed by atoms with Gasteiger partial charge in [-0.15, -0.1) is 11.8 Å². The fourth-order valence-electron chi connectivity index (χ4n) is 2.53. The number of nitrogens with one attached hydrogen (secondary N) is 2. The van der Waals surface area contributed by atoms with Crippen LogP contribution in [0.5, 0.6) is 0 Å². The molecule has 0 aliphatic carbocycles. The number of anilines is 2. The third kappa shape index (κ3) is 6.62. The summed E-state index contributed by atoms with van der Waals surface area (Å²) in [7, 11) is 0. The standard InChI is InChI=1S/C22H20ClN3O2S/c1-15(22(28)26-20-4-2-3-13-24-20)29-19-11-9-18(10-12-19)25-21(27)14-16-5-7-17(23)8-6-16/h2-13,15H,14H2,1H3,(H,25,27)(H,24,26,28). The molecule has 29 heavy (non-hydrogen) atoms. The van der Waals surface area contributed by atoms with Gasteiger partial charge in [0.1, 0.15) is 5.82 Å². The zero-order valence-corrected chi connectivity index (χ0v) is 17.3. The third-order valence-electron chi connectivity index (χ3n) is 4.01. The second-order valence-electron chi connectivity index (χ2n) is 6.34. The van der Waals surface area contributed by atoms with Crippen molar-refractivity contribution < 1.29 is 9.59 Å². The van der Waals surface area contributed by atoms with E-state index in [0.717, 1.165) is 10.5 Å². The molecule has 2 N–H and O–H groups in total. The van der Waals surface area contributed by atoms with Gasteiger partial charge in [-0.2, -0.15) is 0 Å². The van der Waals surface area contributed by atoms with Gasteiger partial charge in [-0.25, -0.2) is 4.98 Å². The van der Waals surface area contributed by atoms with E-state index in [4.69, 9.17) is 11.6 Å². The van der Waals surface area contributed by atoms with Crippen molar-refractivity contribution in [2.75, 3.05) is 10.6 Å². The van der Waals surface area contributed by atoms with Gasteiger partial charge in [0.15, 0.2) is 0 Å². The van der Waals surface area contributed by atoms with Gasteiger partial charge in [-0.1, -0.05) is 29.8 Å². The highest BCUT2D eigenvalue weighted by Crippen LogP contribution is 2.25. The van der Waals surface area contributed by atoms with E-state index in [-0.39, 0.29) is 23.5 Å². The highest BCUT2D eigenvalue weighted by atomic mass is 35.5. The molecule has 0 aliphatic heterocycles. The molecular weight excluding hydrogens is 406 g/mol. The van der Waals surface area contributed by atoms with Gasteiger partial charge < -0.3 is 10.6 Å². The number of carbonyl (C=O) groups is 2. The first-order valence-corrected chi connectivity index (χ1v) is 10.3. The molecule has 5 nitrogen and oxygen atoms in total. The van der Waals surface area contributed by atoms with Crippen molar-refractivity contribution >= 4 is 46.7 Å². The number of carbonyl (C=O) groups excluding carboxylic acids is 2. The number of pyridine rings is 1. The Morgan fingerprint density at radius 1 is 1.00 bits per heavy atom. The van der Waals surface area contributed by atoms with Crippen molar-refractivity contribution in [3.05, 3.63) is 83.5 Å². The Balaban J connectivity index is 1.50. The van der Waals surface area contributed by atoms with E-state index < -0.39 is 0 Å². The maximum Gasteiger partial charge on any atom is 0.238 e. The molecule has 2 aromatic carbocycles. The van der Waals surface area contributed by atoms with Crippen LogP contribution < -0.4 is 10.6 Å². The van der Waals surface area contributed by atoms with Crippen LogP contribution in [0, 0.1) is 0 Å². The van der Waals surface area contributed by atoms with Gasteiger partial charge in [-0.05, 0) is 61.0 Å². The molecule has 1 atom stereocenters. The summed E-state index contributed by atoms with van der Waals surface area (Å²) >= 11 is 7.30. The van der Waals surface area contributed by atoms with Crippen molar-refractivity contribution in [3.8, 4) is 0 Å². The normalized spacial score (nSPS) is 11.5. The van der Waals surface area contributed by atoms with Crippen LogP contribution in [0.4, 0.5) is 11.5 Å². The fourth-order valence-corrected chi connectivity index (χ4v) is 3.53. The molecule has 3 aromatic rings. The van der Waals surface area contributed by atoms with Crippen molar-refractivity contribution in [1.29, 1.82) is 0 Å². The number of rotatable bonds is 7. The zero-order valence-electron chi connectivity index (χ0n) is 15.8. The Hall–Kier alpha value is -2.83. The van der Waals surface area contributed by atoms with Crippen molar-refractivity contribution in [2.45, 2.75) is 23.5 Å². The Labute approximate surface area is 178 Å². The number of amides is 2. The monoisotopic (exact) mass is 425 g/mol. The number of benzene rings is 2. The van der Waals surface area contributed by atoms with Crippen LogP contribution in [-0.4, -0.2) is 22.0 Å². The lowest BCUT2D eigenvalue weighted by molar-refractivity contribution is -0.116. The zero-order chi connectivity index (χ0) is 20.6. The lowest BCUT2D eigenvalue weighted by atomic mass is 10.1. The number of nitrogens with zero attached hydrogens (tertiary/aromatic N) is 1. The van der Waals surface area contributed by atoms with Crippen LogP contribution in [0.1, 0.15) is 12.5 Å². The first-order valence-electron chi connectivity index (χ1n) is 9.02. The molecule has 3 rings (SSSR count). The van der Waals surface area contributed by atoms with E-state index in [1.165, 1.54) is 11.8 Å². The molecule has 2 amide bonds. The maximum atomic E-state index is 12.3. The van der Waals surface area contributed by atoms with E-state index >= 15 is 0 Å². The summed E-state index contributed by atoms with van der Waals surface area (Å²) in [6.45, 7) is 1.84. The van der Waals surface area contributed by atoms with Crippen LogP contribution in [-0.2, 0) is 16.0 Å². The highest BCUT2D eigenvalue weighted by Gasteiger charge is 2.15. The lowest BCUT2D eigenvalue weighted by Crippen LogP contribution is -2.22. The summed E-state index contributed by atoms with van der Waals surface area (Å²) in [5.74, 6) is 0.313. The Kier molecular flexibility index (Phi) is 7.27. The minimum atomic E-state index is -0.289. The fraction of sp³-hybridized carbons (Fsp3) is 0.136. The molecule has 0 fully saturated rings. The minimum Gasteiger partial charge on any atom is -0.326 e. The largest absolute Gasteiger partial charge is 0.326 e. The summed E-state index contributed by atoms with van der Waals surface area (Å²) in [5.41, 5.74) is 1.60. The Morgan fingerprint density at radius 3 is 2.38 bits per heavy atom. The van der Waals surface area contributed by atoms with Gasteiger partial charge in [0, 0.05) is 21.8 Å². The molecular formula is C22H20ClN3O2S. The maximum absolute atomic E-state index is 12.3. The van der Waals surface area contributed by atoms with E-state index in [1.54, 1.807) is 30.5 Å². The molecule has 148 valence electrons. The molecule has 1 aromatic heterocycles. The third-order valence-corrected chi connectivity index (χ3v) is 5.38. The SMILES string of the molecule is CC(Sc1ccc(NC(=O)Cc2ccc(Cl)cc2)cc1)C(=O)Nc1ccccn1. The predicted octanol–water partition coefficient (Wildman–Crippen LogP) is 5.04. The second kappa shape index (κ2) is 10.1. The average molecular weight is 426 g/mol. The van der Waals surface area contributed by atoms with Gasteiger partial charge in [0.05, 0.1) is 11.7 Å². The number of thioether (sulfide) groups is 1. The molecule has 0 aliphatic rings. The number of halogens is 1. The van der Waals surface area contributed by atoms with Gasteiger partial charge in [0.2, 0.25) is 11.8 Å². The van der Waals surface area contributed by atoms with Crippen LogP contribution in [0.25, 0.3) is 0 Å². The van der Waals surface area contributed by atoms with Gasteiger partial charge >= 0.3 is 0 Å². The topological polar surface area (TPSA) is 71.1 Å². The molecule has 0 radical (unpaired) electrons. The second-order valence-corrected chi connectivity index (χ2v) is 8.19. The predicted molar refractivity (Wildman–Crippen MR) is 118 cm³/mol. The van der Waals surface area contributed by atoms with Crippen LogP contribution in [0.15, 0.2) is 77.8 Å². The smallest absolute Gasteiger partial charge is 0.238 e. The summed E-state index contributed by atoms with van der Waals surface area (Å²) in [6, 6.07) is 20.0. The van der Waals surface area contributed by atoms with E-state index in [2.05, 4.69) is 15.6 Å². The summed E-state index contributed by atoms with van der Waals surface area (Å²) in [4.78, 5) is 29.5. The van der Waals surface area contributed by atoms with Crippen molar-refractivity contribution in [3.63, 3.8) is 0 Å².